The number of β-amino-alcohol motifs (C(OH)–C–C–N with tert-alkyl or cyclic N) is 1. The first-order valence-corrected chi connectivity index (χ1v) is 6.39. The molecule has 0 amide bonds. The van der Waals surface area contributed by atoms with E-state index < -0.39 is 0 Å². The molecule has 1 aromatic rings. The third-order valence-electron chi connectivity index (χ3n) is 3.33. The van der Waals surface area contributed by atoms with Crippen LogP contribution in [0.1, 0.15) is 11.1 Å². The molecule has 0 aromatic heterocycles. The number of hydrogen-bond acceptors (Lipinski definition) is 3. The molecular weight excluding hydrogens is 236 g/mol. The summed E-state index contributed by atoms with van der Waals surface area (Å²) in [5.74, 6) is 0.322. The van der Waals surface area contributed by atoms with E-state index in [1.54, 1.807) is 0 Å². The zero-order valence-corrected chi connectivity index (χ0v) is 10.8. The molecule has 1 aliphatic rings. The fraction of sp³-hybridized carbons (Fsp3) is 0.538. The highest BCUT2D eigenvalue weighted by atomic mass is 35.5. The van der Waals surface area contributed by atoms with Gasteiger partial charge in [0.05, 0.1) is 6.10 Å². The predicted octanol–water partition coefficient (Wildman–Crippen LogP) is 1.32. The molecule has 1 aromatic carbocycles. The van der Waals surface area contributed by atoms with E-state index in [-0.39, 0.29) is 6.10 Å². The zero-order valence-electron chi connectivity index (χ0n) is 10.0. The lowest BCUT2D eigenvalue weighted by molar-refractivity contribution is 0.146. The number of aliphatic hydroxyl groups is 1. The van der Waals surface area contributed by atoms with Crippen molar-refractivity contribution >= 4 is 11.6 Å². The van der Waals surface area contributed by atoms with E-state index in [4.69, 9.17) is 11.6 Å². The number of aryl methyl sites for hydroxylation is 1. The van der Waals surface area contributed by atoms with Gasteiger partial charge in [-0.25, -0.2) is 0 Å². The van der Waals surface area contributed by atoms with E-state index in [1.165, 1.54) is 11.1 Å². The first kappa shape index (κ1) is 12.8. The summed E-state index contributed by atoms with van der Waals surface area (Å²) in [6.07, 6.45) is -0.214. The summed E-state index contributed by atoms with van der Waals surface area (Å²) in [6.45, 7) is 5.34. The lowest BCUT2D eigenvalue weighted by atomic mass is 10.1. The largest absolute Gasteiger partial charge is 0.391 e. The third-order valence-corrected chi connectivity index (χ3v) is 3.57. The van der Waals surface area contributed by atoms with Gasteiger partial charge in [0.15, 0.2) is 0 Å². The first-order valence-electron chi connectivity index (χ1n) is 6.01. The number of benzene rings is 1. The van der Waals surface area contributed by atoms with Crippen LogP contribution >= 0.6 is 11.6 Å². The lowest BCUT2D eigenvalue weighted by Crippen LogP contribution is -2.30. The van der Waals surface area contributed by atoms with Gasteiger partial charge in [-0.3, -0.25) is 0 Å². The van der Waals surface area contributed by atoms with Crippen LogP contribution in [0.15, 0.2) is 18.2 Å². The van der Waals surface area contributed by atoms with Gasteiger partial charge in [0.1, 0.15) is 0 Å². The lowest BCUT2D eigenvalue weighted by Gasteiger charge is -2.15. The van der Waals surface area contributed by atoms with Crippen LogP contribution < -0.4 is 10.6 Å². The first-order chi connectivity index (χ1) is 8.16. The number of nitrogens with one attached hydrogen (secondary N) is 2. The molecule has 1 saturated heterocycles. The molecule has 4 heteroatoms. The summed E-state index contributed by atoms with van der Waals surface area (Å²) in [6, 6.07) is 5.94. The van der Waals surface area contributed by atoms with Crippen molar-refractivity contribution in [3.8, 4) is 0 Å². The normalized spacial score (nSPS) is 24.2. The van der Waals surface area contributed by atoms with Crippen molar-refractivity contribution in [3.05, 3.63) is 34.3 Å². The maximum atomic E-state index is 9.66. The molecule has 1 heterocycles. The number of hydrogen-bond donors (Lipinski definition) is 3. The van der Waals surface area contributed by atoms with Gasteiger partial charge in [-0.2, -0.15) is 0 Å². The van der Waals surface area contributed by atoms with Crippen LogP contribution in [0.4, 0.5) is 0 Å². The van der Waals surface area contributed by atoms with Gasteiger partial charge in [0.2, 0.25) is 0 Å². The van der Waals surface area contributed by atoms with Crippen molar-refractivity contribution in [3.63, 3.8) is 0 Å². The summed E-state index contributed by atoms with van der Waals surface area (Å²) in [5.41, 5.74) is 2.46. The monoisotopic (exact) mass is 254 g/mol. The molecule has 1 fully saturated rings. The maximum Gasteiger partial charge on any atom is 0.0716 e. The fourth-order valence-electron chi connectivity index (χ4n) is 2.18. The minimum Gasteiger partial charge on any atom is -0.391 e. The number of rotatable bonds is 4. The standard InChI is InChI=1S/C13H19ClN2O/c1-9-4-12(14)3-2-10(9)5-15-6-11-7-16-8-13(11)17/h2-4,11,13,15-17H,5-8H2,1H3. The van der Waals surface area contributed by atoms with Crippen molar-refractivity contribution in [2.75, 3.05) is 19.6 Å². The second-order valence-electron chi connectivity index (χ2n) is 4.69. The van der Waals surface area contributed by atoms with Gasteiger partial charge in [-0.05, 0) is 30.2 Å². The summed E-state index contributed by atoms with van der Waals surface area (Å²) in [5, 5.41) is 17.0. The molecule has 2 atom stereocenters. The molecule has 0 radical (unpaired) electrons. The van der Waals surface area contributed by atoms with Crippen LogP contribution in [0.5, 0.6) is 0 Å². The van der Waals surface area contributed by atoms with Crippen LogP contribution in [0.2, 0.25) is 5.02 Å². The Morgan fingerprint density at radius 2 is 2.29 bits per heavy atom. The maximum absolute atomic E-state index is 9.66. The molecule has 2 rings (SSSR count). The second kappa shape index (κ2) is 5.83. The van der Waals surface area contributed by atoms with E-state index in [0.29, 0.717) is 12.5 Å². The molecule has 0 saturated carbocycles. The van der Waals surface area contributed by atoms with Gasteiger partial charge in [-0.15, -0.1) is 0 Å². The van der Waals surface area contributed by atoms with E-state index in [2.05, 4.69) is 17.6 Å². The van der Waals surface area contributed by atoms with Gasteiger partial charge in [0, 0.05) is 37.1 Å². The highest BCUT2D eigenvalue weighted by molar-refractivity contribution is 6.30. The number of halogens is 1. The Bertz CT molecular complexity index is 384. The summed E-state index contributed by atoms with van der Waals surface area (Å²) in [7, 11) is 0. The van der Waals surface area contributed by atoms with Gasteiger partial charge in [0.25, 0.3) is 0 Å². The van der Waals surface area contributed by atoms with E-state index in [9.17, 15) is 5.11 Å². The van der Waals surface area contributed by atoms with Crippen LogP contribution in [-0.2, 0) is 6.54 Å². The molecule has 0 bridgehead atoms. The molecule has 0 spiro atoms. The average molecular weight is 255 g/mol. The van der Waals surface area contributed by atoms with Gasteiger partial charge >= 0.3 is 0 Å². The quantitative estimate of drug-likeness (QED) is 0.759. The molecule has 3 nitrogen and oxygen atoms in total. The van der Waals surface area contributed by atoms with E-state index in [0.717, 1.165) is 24.7 Å². The molecule has 94 valence electrons. The topological polar surface area (TPSA) is 44.3 Å². The van der Waals surface area contributed by atoms with Crippen molar-refractivity contribution in [2.45, 2.75) is 19.6 Å². The fourth-order valence-corrected chi connectivity index (χ4v) is 2.40. The van der Waals surface area contributed by atoms with Crippen LogP contribution in [-0.4, -0.2) is 30.8 Å². The van der Waals surface area contributed by atoms with Crippen molar-refractivity contribution in [2.24, 2.45) is 5.92 Å². The Morgan fingerprint density at radius 3 is 2.94 bits per heavy atom. The zero-order chi connectivity index (χ0) is 12.3. The Labute approximate surface area is 107 Å². The second-order valence-corrected chi connectivity index (χ2v) is 5.12. The van der Waals surface area contributed by atoms with Crippen molar-refractivity contribution < 1.29 is 5.11 Å². The average Bonchev–Trinajstić information content (AvgIpc) is 2.68. The highest BCUT2D eigenvalue weighted by Crippen LogP contribution is 2.15. The summed E-state index contributed by atoms with van der Waals surface area (Å²) < 4.78 is 0. The third kappa shape index (κ3) is 3.42. The smallest absolute Gasteiger partial charge is 0.0716 e. The molecule has 3 N–H and O–H groups in total. The summed E-state index contributed by atoms with van der Waals surface area (Å²) >= 11 is 5.91. The number of aliphatic hydroxyl groups excluding tert-OH is 1. The Morgan fingerprint density at radius 1 is 1.47 bits per heavy atom. The molecule has 2 unspecified atom stereocenters. The van der Waals surface area contributed by atoms with Crippen LogP contribution in [0.3, 0.4) is 0 Å². The summed E-state index contributed by atoms with van der Waals surface area (Å²) in [4.78, 5) is 0. The van der Waals surface area contributed by atoms with E-state index in [1.807, 2.05) is 18.2 Å². The molecule has 0 aliphatic carbocycles. The molecule has 1 aliphatic heterocycles. The van der Waals surface area contributed by atoms with Gasteiger partial charge in [-0.1, -0.05) is 17.7 Å². The minimum absolute atomic E-state index is 0.214. The van der Waals surface area contributed by atoms with Crippen LogP contribution in [0.25, 0.3) is 0 Å². The predicted molar refractivity (Wildman–Crippen MR) is 70.3 cm³/mol. The molecular formula is C13H19ClN2O. The van der Waals surface area contributed by atoms with Crippen molar-refractivity contribution in [1.82, 2.24) is 10.6 Å². The highest BCUT2D eigenvalue weighted by Gasteiger charge is 2.23. The van der Waals surface area contributed by atoms with Crippen LogP contribution in [0, 0.1) is 12.8 Å². The minimum atomic E-state index is -0.214. The van der Waals surface area contributed by atoms with Crippen molar-refractivity contribution in [1.29, 1.82) is 0 Å². The van der Waals surface area contributed by atoms with E-state index >= 15 is 0 Å². The SMILES string of the molecule is Cc1cc(Cl)ccc1CNCC1CNCC1O. The Balaban J connectivity index is 1.81. The van der Waals surface area contributed by atoms with Gasteiger partial charge < -0.3 is 15.7 Å². The Hall–Kier alpha value is -0.610. The Kier molecular flexibility index (Phi) is 4.40. The molecule has 17 heavy (non-hydrogen) atoms.